The van der Waals surface area contributed by atoms with Gasteiger partial charge in [-0.3, -0.25) is 0 Å². The Morgan fingerprint density at radius 1 is 1.50 bits per heavy atom. The fourth-order valence-corrected chi connectivity index (χ4v) is 2.40. The molecule has 14 heavy (non-hydrogen) atoms. The van der Waals surface area contributed by atoms with Gasteiger partial charge in [0.2, 0.25) is 0 Å². The SMILES string of the molecule is CCCN(C(N)=O)C1CCCC(C)C1. The third-order valence-corrected chi connectivity index (χ3v) is 3.10. The van der Waals surface area contributed by atoms with Crippen LogP contribution in [0.3, 0.4) is 0 Å². The summed E-state index contributed by atoms with van der Waals surface area (Å²) in [5.41, 5.74) is 5.39. The summed E-state index contributed by atoms with van der Waals surface area (Å²) in [7, 11) is 0. The van der Waals surface area contributed by atoms with Crippen molar-refractivity contribution in [1.82, 2.24) is 4.90 Å². The molecule has 1 saturated carbocycles. The second kappa shape index (κ2) is 5.23. The van der Waals surface area contributed by atoms with E-state index in [2.05, 4.69) is 13.8 Å². The number of nitrogens with zero attached hydrogens (tertiary/aromatic N) is 1. The number of carbonyl (C=O) groups excluding carboxylic acids is 1. The molecular formula is C11H22N2O. The lowest BCUT2D eigenvalue weighted by atomic mass is 9.86. The number of amides is 2. The van der Waals surface area contributed by atoms with E-state index in [4.69, 9.17) is 5.73 Å². The zero-order valence-corrected chi connectivity index (χ0v) is 9.33. The van der Waals surface area contributed by atoms with Crippen LogP contribution in [0, 0.1) is 5.92 Å². The Kier molecular flexibility index (Phi) is 4.23. The summed E-state index contributed by atoms with van der Waals surface area (Å²) in [6.07, 6.45) is 5.79. The van der Waals surface area contributed by atoms with Crippen LogP contribution in [0.1, 0.15) is 46.0 Å². The number of urea groups is 1. The molecule has 2 amide bonds. The summed E-state index contributed by atoms with van der Waals surface area (Å²) < 4.78 is 0. The quantitative estimate of drug-likeness (QED) is 0.743. The highest BCUT2D eigenvalue weighted by Gasteiger charge is 2.25. The molecule has 2 unspecified atom stereocenters. The summed E-state index contributed by atoms with van der Waals surface area (Å²) in [6.45, 7) is 5.16. The highest BCUT2D eigenvalue weighted by atomic mass is 16.2. The monoisotopic (exact) mass is 198 g/mol. The number of nitrogens with two attached hydrogens (primary N) is 1. The van der Waals surface area contributed by atoms with Crippen LogP contribution in [0.4, 0.5) is 4.79 Å². The molecule has 1 aliphatic carbocycles. The maximum Gasteiger partial charge on any atom is 0.315 e. The van der Waals surface area contributed by atoms with Gasteiger partial charge in [0.1, 0.15) is 0 Å². The highest BCUT2D eigenvalue weighted by Crippen LogP contribution is 2.27. The van der Waals surface area contributed by atoms with Crippen molar-refractivity contribution in [3.63, 3.8) is 0 Å². The Labute approximate surface area is 86.6 Å². The van der Waals surface area contributed by atoms with Crippen LogP contribution >= 0.6 is 0 Å². The van der Waals surface area contributed by atoms with Crippen molar-refractivity contribution >= 4 is 6.03 Å². The van der Waals surface area contributed by atoms with Gasteiger partial charge in [-0.1, -0.05) is 26.7 Å². The van der Waals surface area contributed by atoms with Crippen molar-refractivity contribution in [3.05, 3.63) is 0 Å². The Morgan fingerprint density at radius 3 is 2.71 bits per heavy atom. The third kappa shape index (κ3) is 2.89. The molecule has 0 aromatic rings. The van der Waals surface area contributed by atoms with Gasteiger partial charge in [-0.2, -0.15) is 0 Å². The lowest BCUT2D eigenvalue weighted by Gasteiger charge is -2.35. The van der Waals surface area contributed by atoms with Crippen LogP contribution < -0.4 is 5.73 Å². The first kappa shape index (κ1) is 11.3. The van der Waals surface area contributed by atoms with Crippen LogP contribution in [-0.2, 0) is 0 Å². The standard InChI is InChI=1S/C11H22N2O/c1-3-7-13(11(12)14)10-6-4-5-9(2)8-10/h9-10H,3-8H2,1-2H3,(H2,12,14). The Morgan fingerprint density at radius 2 is 2.21 bits per heavy atom. The maximum atomic E-state index is 11.2. The molecule has 0 bridgehead atoms. The third-order valence-electron chi connectivity index (χ3n) is 3.10. The van der Waals surface area contributed by atoms with Crippen molar-refractivity contribution < 1.29 is 4.79 Å². The molecule has 0 aliphatic heterocycles. The minimum Gasteiger partial charge on any atom is -0.351 e. The maximum absolute atomic E-state index is 11.2. The number of primary amides is 1. The van der Waals surface area contributed by atoms with Crippen molar-refractivity contribution in [3.8, 4) is 0 Å². The molecule has 3 nitrogen and oxygen atoms in total. The molecule has 1 aliphatic rings. The van der Waals surface area contributed by atoms with Gasteiger partial charge in [0.15, 0.2) is 0 Å². The zero-order chi connectivity index (χ0) is 10.6. The number of hydrogen-bond donors (Lipinski definition) is 1. The topological polar surface area (TPSA) is 46.3 Å². The fourth-order valence-electron chi connectivity index (χ4n) is 2.40. The van der Waals surface area contributed by atoms with Gasteiger partial charge in [-0.15, -0.1) is 0 Å². The van der Waals surface area contributed by atoms with Gasteiger partial charge in [0, 0.05) is 12.6 Å². The second-order valence-electron chi connectivity index (χ2n) is 4.46. The number of rotatable bonds is 3. The molecule has 0 radical (unpaired) electrons. The van der Waals surface area contributed by atoms with Crippen molar-refractivity contribution in [2.24, 2.45) is 11.7 Å². The molecule has 1 rings (SSSR count). The molecule has 2 N–H and O–H groups in total. The van der Waals surface area contributed by atoms with E-state index in [0.717, 1.165) is 31.7 Å². The van der Waals surface area contributed by atoms with Crippen molar-refractivity contribution in [2.75, 3.05) is 6.54 Å². The van der Waals surface area contributed by atoms with E-state index in [-0.39, 0.29) is 6.03 Å². The summed E-state index contributed by atoms with van der Waals surface area (Å²) >= 11 is 0. The van der Waals surface area contributed by atoms with E-state index in [0.29, 0.717) is 6.04 Å². The molecular weight excluding hydrogens is 176 g/mol. The average Bonchev–Trinajstić information content (AvgIpc) is 2.13. The van der Waals surface area contributed by atoms with Gasteiger partial charge in [-0.05, 0) is 25.2 Å². The van der Waals surface area contributed by atoms with Gasteiger partial charge in [0.25, 0.3) is 0 Å². The van der Waals surface area contributed by atoms with E-state index in [1.54, 1.807) is 0 Å². The van der Waals surface area contributed by atoms with Gasteiger partial charge in [0.05, 0.1) is 0 Å². The lowest BCUT2D eigenvalue weighted by molar-refractivity contribution is 0.149. The van der Waals surface area contributed by atoms with E-state index < -0.39 is 0 Å². The van der Waals surface area contributed by atoms with Crippen LogP contribution in [0.25, 0.3) is 0 Å². The Bertz CT molecular complexity index is 194. The first-order chi connectivity index (χ1) is 6.65. The van der Waals surface area contributed by atoms with E-state index in [9.17, 15) is 4.79 Å². The molecule has 0 aromatic carbocycles. The Balaban J connectivity index is 2.53. The first-order valence-corrected chi connectivity index (χ1v) is 5.71. The van der Waals surface area contributed by atoms with E-state index in [1.165, 1.54) is 12.8 Å². The van der Waals surface area contributed by atoms with Crippen LogP contribution in [-0.4, -0.2) is 23.5 Å². The van der Waals surface area contributed by atoms with Crippen molar-refractivity contribution in [1.29, 1.82) is 0 Å². The molecule has 0 heterocycles. The zero-order valence-electron chi connectivity index (χ0n) is 9.33. The summed E-state index contributed by atoms with van der Waals surface area (Å²) in [4.78, 5) is 13.1. The van der Waals surface area contributed by atoms with Gasteiger partial charge < -0.3 is 10.6 Å². The number of hydrogen-bond acceptors (Lipinski definition) is 1. The predicted octanol–water partition coefficient (Wildman–Crippen LogP) is 2.36. The molecule has 0 aromatic heterocycles. The molecule has 3 heteroatoms. The van der Waals surface area contributed by atoms with E-state index >= 15 is 0 Å². The van der Waals surface area contributed by atoms with Crippen molar-refractivity contribution in [2.45, 2.75) is 52.0 Å². The molecule has 2 atom stereocenters. The molecule has 0 saturated heterocycles. The Hall–Kier alpha value is -0.730. The minimum absolute atomic E-state index is 0.244. The smallest absolute Gasteiger partial charge is 0.315 e. The molecule has 1 fully saturated rings. The molecule has 82 valence electrons. The number of carbonyl (C=O) groups is 1. The highest BCUT2D eigenvalue weighted by molar-refractivity contribution is 5.72. The second-order valence-corrected chi connectivity index (χ2v) is 4.46. The van der Waals surface area contributed by atoms with Crippen LogP contribution in [0.2, 0.25) is 0 Å². The van der Waals surface area contributed by atoms with Crippen LogP contribution in [0.5, 0.6) is 0 Å². The summed E-state index contributed by atoms with van der Waals surface area (Å²) in [6, 6.07) is 0.155. The molecule has 0 spiro atoms. The lowest BCUT2D eigenvalue weighted by Crippen LogP contribution is -2.45. The van der Waals surface area contributed by atoms with Gasteiger partial charge >= 0.3 is 6.03 Å². The summed E-state index contributed by atoms with van der Waals surface area (Å²) in [5.74, 6) is 0.743. The predicted molar refractivity (Wildman–Crippen MR) is 58.0 cm³/mol. The average molecular weight is 198 g/mol. The van der Waals surface area contributed by atoms with Gasteiger partial charge in [-0.25, -0.2) is 4.79 Å². The van der Waals surface area contributed by atoms with E-state index in [1.807, 2.05) is 4.90 Å². The first-order valence-electron chi connectivity index (χ1n) is 5.71. The van der Waals surface area contributed by atoms with Crippen LogP contribution in [0.15, 0.2) is 0 Å². The minimum atomic E-state index is -0.244. The fraction of sp³-hybridized carbons (Fsp3) is 0.909. The normalized spacial score (nSPS) is 27.3. The largest absolute Gasteiger partial charge is 0.351 e. The summed E-state index contributed by atoms with van der Waals surface area (Å²) in [5, 5.41) is 0.